The number of fused-ring (bicyclic) bond motifs is 1. The van der Waals surface area contributed by atoms with E-state index in [1.54, 1.807) is 41.3 Å². The van der Waals surface area contributed by atoms with Gasteiger partial charge in [0.05, 0.1) is 32.0 Å². The molecule has 1 atom stereocenters. The molecule has 1 unspecified atom stereocenters. The number of nitrogens with zero attached hydrogens (tertiary/aromatic N) is 2. The van der Waals surface area contributed by atoms with Gasteiger partial charge in [-0.05, 0) is 6.07 Å². The molecule has 2 aromatic rings. The first kappa shape index (κ1) is 20.3. The molecule has 7 heteroatoms. The van der Waals surface area contributed by atoms with Gasteiger partial charge in [-0.15, -0.1) is 0 Å². The van der Waals surface area contributed by atoms with Crippen molar-refractivity contribution in [2.24, 2.45) is 0 Å². The van der Waals surface area contributed by atoms with Crippen molar-refractivity contribution in [3.8, 4) is 0 Å². The molecule has 2 saturated heterocycles. The molecule has 0 saturated carbocycles. The largest absolute Gasteiger partial charge is 0.375 e. The summed E-state index contributed by atoms with van der Waals surface area (Å²) in [5, 5.41) is 11.4. The molecular weight excluding hydrogens is 396 g/mol. The highest BCUT2D eigenvalue weighted by molar-refractivity contribution is 6.10. The van der Waals surface area contributed by atoms with Gasteiger partial charge in [0.2, 0.25) is 0 Å². The van der Waals surface area contributed by atoms with Crippen LogP contribution < -0.4 is 4.90 Å². The molecule has 3 heterocycles. The second-order valence-electron chi connectivity index (χ2n) is 8.44. The number of carbonyl (C=O) groups excluding carboxylic acids is 2. The van der Waals surface area contributed by atoms with E-state index >= 15 is 0 Å². The van der Waals surface area contributed by atoms with Gasteiger partial charge in [0.15, 0.2) is 17.2 Å². The van der Waals surface area contributed by atoms with Crippen molar-refractivity contribution in [1.82, 2.24) is 4.90 Å². The second kappa shape index (κ2) is 7.84. The Hall–Kier alpha value is -2.58. The summed E-state index contributed by atoms with van der Waals surface area (Å²) in [4.78, 5) is 30.0. The minimum absolute atomic E-state index is 0.261. The summed E-state index contributed by atoms with van der Waals surface area (Å²) < 4.78 is 11.6. The molecule has 31 heavy (non-hydrogen) atoms. The first-order valence-electron chi connectivity index (χ1n) is 10.7. The van der Waals surface area contributed by atoms with Crippen molar-refractivity contribution in [2.75, 3.05) is 37.9 Å². The number of carbonyl (C=O) groups is 2. The Labute approximate surface area is 181 Å². The van der Waals surface area contributed by atoms with Gasteiger partial charge in [0, 0.05) is 37.1 Å². The van der Waals surface area contributed by atoms with Crippen molar-refractivity contribution < 1.29 is 24.2 Å². The fourth-order valence-electron chi connectivity index (χ4n) is 4.80. The average Bonchev–Trinajstić information content (AvgIpc) is 3.34. The van der Waals surface area contributed by atoms with E-state index in [0.29, 0.717) is 36.7 Å². The van der Waals surface area contributed by atoms with Gasteiger partial charge in [-0.1, -0.05) is 48.5 Å². The van der Waals surface area contributed by atoms with Crippen LogP contribution >= 0.6 is 0 Å². The Morgan fingerprint density at radius 1 is 0.968 bits per heavy atom. The van der Waals surface area contributed by atoms with Crippen LogP contribution in [0, 0.1) is 0 Å². The summed E-state index contributed by atoms with van der Waals surface area (Å²) in [6, 6.07) is 16.0. The van der Waals surface area contributed by atoms with Gasteiger partial charge in [-0.25, -0.2) is 0 Å². The Balaban J connectivity index is 1.35. The molecule has 1 amide bonds. The van der Waals surface area contributed by atoms with Crippen LogP contribution in [-0.4, -0.2) is 60.5 Å². The number of ether oxygens (including phenoxy) is 2. The van der Waals surface area contributed by atoms with Crippen LogP contribution in [0.15, 0.2) is 54.6 Å². The highest BCUT2D eigenvalue weighted by atomic mass is 16.7. The van der Waals surface area contributed by atoms with E-state index in [1.807, 2.05) is 18.2 Å². The number of benzene rings is 2. The van der Waals surface area contributed by atoms with Gasteiger partial charge in [-0.2, -0.15) is 0 Å². The lowest BCUT2D eigenvalue weighted by atomic mass is 9.88. The molecule has 3 aliphatic rings. The summed E-state index contributed by atoms with van der Waals surface area (Å²) >= 11 is 0. The fraction of sp³-hybridized carbons (Fsp3) is 0.417. The van der Waals surface area contributed by atoms with Crippen molar-refractivity contribution in [3.05, 3.63) is 65.7 Å². The summed E-state index contributed by atoms with van der Waals surface area (Å²) in [6.07, 6.45) is 1.20. The summed E-state index contributed by atoms with van der Waals surface area (Å²) in [5.74, 6) is -1.19. The molecule has 7 nitrogen and oxygen atoms in total. The normalized spacial score (nSPS) is 25.2. The maximum atomic E-state index is 13.4. The Morgan fingerprint density at radius 2 is 1.61 bits per heavy atom. The quantitative estimate of drug-likeness (QED) is 0.745. The molecule has 1 N–H and O–H groups in total. The number of amides is 1. The molecule has 2 fully saturated rings. The standard InChI is InChI=1S/C24H26N2O5/c27-21(18-6-2-1-3-7-18)16-24(29)19-8-4-5-9-20(19)26(22(24)28)17-25-12-10-23(11-13-25)30-14-15-31-23/h1-9,29H,10-17H2. The first-order valence-corrected chi connectivity index (χ1v) is 10.7. The lowest BCUT2D eigenvalue weighted by Crippen LogP contribution is -2.51. The highest BCUT2D eigenvalue weighted by Gasteiger charge is 2.51. The maximum absolute atomic E-state index is 13.4. The fourth-order valence-corrected chi connectivity index (χ4v) is 4.80. The van der Waals surface area contributed by atoms with Crippen LogP contribution in [0.25, 0.3) is 0 Å². The van der Waals surface area contributed by atoms with Crippen LogP contribution in [-0.2, 0) is 19.9 Å². The molecule has 2 aromatic carbocycles. The van der Waals surface area contributed by atoms with Gasteiger partial charge in [0.1, 0.15) is 0 Å². The molecular formula is C24H26N2O5. The number of ketones is 1. The van der Waals surface area contributed by atoms with Gasteiger partial charge in [0.25, 0.3) is 5.91 Å². The van der Waals surface area contributed by atoms with Gasteiger partial charge in [-0.3, -0.25) is 19.4 Å². The zero-order valence-corrected chi connectivity index (χ0v) is 17.3. The smallest absolute Gasteiger partial charge is 0.265 e. The van der Waals surface area contributed by atoms with E-state index in [9.17, 15) is 14.7 Å². The number of rotatable bonds is 5. The monoisotopic (exact) mass is 422 g/mol. The van der Waals surface area contributed by atoms with Gasteiger partial charge < -0.3 is 14.6 Å². The van der Waals surface area contributed by atoms with E-state index in [-0.39, 0.29) is 12.2 Å². The third-order valence-electron chi connectivity index (χ3n) is 6.52. The van der Waals surface area contributed by atoms with Crippen LogP contribution in [0.3, 0.4) is 0 Å². The van der Waals surface area contributed by atoms with Crippen LogP contribution in [0.2, 0.25) is 0 Å². The zero-order chi connectivity index (χ0) is 21.5. The molecule has 0 aliphatic carbocycles. The summed E-state index contributed by atoms with van der Waals surface area (Å²) in [6.45, 7) is 3.06. The number of anilines is 1. The van der Waals surface area contributed by atoms with E-state index in [4.69, 9.17) is 9.47 Å². The van der Waals surface area contributed by atoms with Crippen molar-refractivity contribution in [1.29, 1.82) is 0 Å². The number of Topliss-reactive ketones (excluding diaryl/α,β-unsaturated/α-hetero) is 1. The molecule has 1 spiro atoms. The molecule has 3 aliphatic heterocycles. The third-order valence-corrected chi connectivity index (χ3v) is 6.52. The SMILES string of the molecule is O=C(CC1(O)C(=O)N(CN2CCC3(CC2)OCCO3)c2ccccc21)c1ccccc1. The van der Waals surface area contributed by atoms with E-state index in [0.717, 1.165) is 25.9 Å². The molecule has 0 radical (unpaired) electrons. The van der Waals surface area contributed by atoms with Crippen molar-refractivity contribution >= 4 is 17.4 Å². The van der Waals surface area contributed by atoms with E-state index in [1.165, 1.54) is 0 Å². The first-order chi connectivity index (χ1) is 15.0. The lowest BCUT2D eigenvalue weighted by Gasteiger charge is -2.39. The predicted molar refractivity (Wildman–Crippen MR) is 114 cm³/mol. The van der Waals surface area contributed by atoms with Crippen molar-refractivity contribution in [2.45, 2.75) is 30.7 Å². The maximum Gasteiger partial charge on any atom is 0.265 e. The minimum atomic E-state index is -1.86. The van der Waals surface area contributed by atoms with E-state index in [2.05, 4.69) is 4.90 Å². The topological polar surface area (TPSA) is 79.3 Å². The number of para-hydroxylation sites is 1. The van der Waals surface area contributed by atoms with Crippen LogP contribution in [0.1, 0.15) is 35.2 Å². The van der Waals surface area contributed by atoms with Crippen LogP contribution in [0.5, 0.6) is 0 Å². The molecule has 0 bridgehead atoms. The molecule has 0 aromatic heterocycles. The number of likely N-dealkylation sites (tertiary alicyclic amines) is 1. The third kappa shape index (κ3) is 3.57. The number of aliphatic hydroxyl groups is 1. The number of hydrogen-bond donors (Lipinski definition) is 1. The van der Waals surface area contributed by atoms with E-state index < -0.39 is 17.3 Å². The number of piperidine rings is 1. The number of hydrogen-bond acceptors (Lipinski definition) is 6. The lowest BCUT2D eigenvalue weighted by molar-refractivity contribution is -0.185. The average molecular weight is 422 g/mol. The zero-order valence-electron chi connectivity index (χ0n) is 17.3. The summed E-state index contributed by atoms with van der Waals surface area (Å²) in [7, 11) is 0. The minimum Gasteiger partial charge on any atom is -0.375 e. The Morgan fingerprint density at radius 3 is 2.32 bits per heavy atom. The van der Waals surface area contributed by atoms with Gasteiger partial charge >= 0.3 is 0 Å². The molecule has 162 valence electrons. The van der Waals surface area contributed by atoms with Crippen LogP contribution in [0.4, 0.5) is 5.69 Å². The second-order valence-corrected chi connectivity index (χ2v) is 8.44. The summed E-state index contributed by atoms with van der Waals surface area (Å²) in [5.41, 5.74) is -0.236. The highest BCUT2D eigenvalue weighted by Crippen LogP contribution is 2.43. The molecule has 5 rings (SSSR count). The van der Waals surface area contributed by atoms with Crippen molar-refractivity contribution in [3.63, 3.8) is 0 Å². The predicted octanol–water partition coefficient (Wildman–Crippen LogP) is 2.29. The Kier molecular flexibility index (Phi) is 5.14. The Bertz CT molecular complexity index is 978.